The Balaban J connectivity index is 2.22. The van der Waals surface area contributed by atoms with E-state index in [-0.39, 0.29) is 28.6 Å². The lowest BCUT2D eigenvalue weighted by Crippen LogP contribution is -2.65. The van der Waals surface area contributed by atoms with Crippen LogP contribution in [0, 0.1) is 11.3 Å². The molecule has 29 heavy (non-hydrogen) atoms. The summed E-state index contributed by atoms with van der Waals surface area (Å²) in [5, 5.41) is 10.8. The number of esters is 1. The van der Waals surface area contributed by atoms with Crippen LogP contribution in [0.5, 0.6) is 5.75 Å². The minimum absolute atomic E-state index is 0.184. The highest BCUT2D eigenvalue weighted by atomic mass is 16.6. The molecule has 3 unspecified atom stereocenters. The SMILES string of the molecule is CC(=O)c1c(O)c(C(C)C)cc2c(c1=O)C13CCCC(C)(C)C1C(=O)C2OC3=O. The molecular weight excluding hydrogens is 372 g/mol. The lowest BCUT2D eigenvalue weighted by atomic mass is 9.47. The molecule has 2 aliphatic carbocycles. The van der Waals surface area contributed by atoms with Crippen molar-refractivity contribution in [3.63, 3.8) is 0 Å². The number of carbonyl (C=O) groups excluding carboxylic acids is 3. The van der Waals surface area contributed by atoms with Crippen LogP contribution in [0.15, 0.2) is 10.9 Å². The van der Waals surface area contributed by atoms with Crippen molar-refractivity contribution in [2.24, 2.45) is 11.3 Å². The molecule has 6 heteroatoms. The van der Waals surface area contributed by atoms with Crippen LogP contribution < -0.4 is 5.43 Å². The normalized spacial score (nSPS) is 29.3. The zero-order valence-electron chi connectivity index (χ0n) is 17.4. The van der Waals surface area contributed by atoms with E-state index in [4.69, 9.17) is 4.74 Å². The fourth-order valence-corrected chi connectivity index (χ4v) is 5.89. The van der Waals surface area contributed by atoms with Crippen molar-refractivity contribution in [1.29, 1.82) is 0 Å². The lowest BCUT2D eigenvalue weighted by molar-refractivity contribution is -0.189. The molecule has 1 aromatic carbocycles. The van der Waals surface area contributed by atoms with Crippen molar-refractivity contribution >= 4 is 17.5 Å². The maximum absolute atomic E-state index is 13.7. The van der Waals surface area contributed by atoms with Gasteiger partial charge in [0.2, 0.25) is 0 Å². The number of aromatic hydroxyl groups is 1. The molecule has 4 aliphatic rings. The van der Waals surface area contributed by atoms with E-state index in [2.05, 4.69) is 0 Å². The van der Waals surface area contributed by atoms with Gasteiger partial charge in [-0.25, -0.2) is 0 Å². The average Bonchev–Trinajstić information content (AvgIpc) is 2.71. The molecule has 6 nitrogen and oxygen atoms in total. The van der Waals surface area contributed by atoms with Crippen molar-refractivity contribution in [2.75, 3.05) is 0 Å². The minimum atomic E-state index is -1.40. The second-order valence-electron chi connectivity index (χ2n) is 9.63. The molecule has 3 atom stereocenters. The fourth-order valence-electron chi connectivity index (χ4n) is 5.89. The smallest absolute Gasteiger partial charge is 0.318 e. The standard InChI is InChI=1S/C23H26O6/c1-10(2)12-9-13-15(17(26)14(11(3)24)16(12)25)23-8-6-7-22(4,5)20(23)18(27)19(13)29-21(23)28/h9-10,19-20,25H,6-8H2,1-5H3. The Kier molecular flexibility index (Phi) is 4.10. The Bertz CT molecular complexity index is 1030. The number of Topliss-reactive ketones (excluding diaryl/α,β-unsaturated/α-hetero) is 2. The van der Waals surface area contributed by atoms with Gasteiger partial charge in [-0.2, -0.15) is 0 Å². The first-order chi connectivity index (χ1) is 13.4. The Morgan fingerprint density at radius 3 is 2.45 bits per heavy atom. The van der Waals surface area contributed by atoms with E-state index in [1.54, 1.807) is 6.07 Å². The Hall–Kier alpha value is -2.50. The van der Waals surface area contributed by atoms with E-state index in [9.17, 15) is 24.3 Å². The van der Waals surface area contributed by atoms with E-state index in [0.29, 0.717) is 24.0 Å². The lowest BCUT2D eigenvalue weighted by Gasteiger charge is -2.56. The van der Waals surface area contributed by atoms with Gasteiger partial charge in [-0.3, -0.25) is 19.2 Å². The predicted molar refractivity (Wildman–Crippen MR) is 105 cm³/mol. The number of fused-ring (bicyclic) bond motifs is 1. The fraction of sp³-hybridized carbons (Fsp3) is 0.565. The third-order valence-corrected chi connectivity index (χ3v) is 7.07. The molecular formula is C23H26O6. The summed E-state index contributed by atoms with van der Waals surface area (Å²) in [6, 6.07) is 1.59. The molecule has 1 N–H and O–H groups in total. The molecule has 2 aliphatic heterocycles. The molecule has 1 saturated carbocycles. The second-order valence-corrected chi connectivity index (χ2v) is 9.63. The molecule has 1 saturated heterocycles. The van der Waals surface area contributed by atoms with Crippen LogP contribution in [0.25, 0.3) is 0 Å². The number of rotatable bonds is 2. The number of hydrogen-bond acceptors (Lipinski definition) is 6. The third-order valence-electron chi connectivity index (χ3n) is 7.07. The van der Waals surface area contributed by atoms with E-state index in [1.165, 1.54) is 6.92 Å². The van der Waals surface area contributed by atoms with Crippen LogP contribution in [0.4, 0.5) is 0 Å². The zero-order chi connectivity index (χ0) is 21.5. The van der Waals surface area contributed by atoms with Crippen LogP contribution in [-0.2, 0) is 19.7 Å². The summed E-state index contributed by atoms with van der Waals surface area (Å²) in [4.78, 5) is 52.7. The van der Waals surface area contributed by atoms with Crippen molar-refractivity contribution < 1.29 is 24.2 Å². The predicted octanol–water partition coefficient (Wildman–Crippen LogP) is 3.32. The Morgan fingerprint density at radius 2 is 1.86 bits per heavy atom. The van der Waals surface area contributed by atoms with Gasteiger partial charge < -0.3 is 9.84 Å². The molecule has 2 heterocycles. The van der Waals surface area contributed by atoms with Crippen LogP contribution in [-0.4, -0.2) is 22.6 Å². The molecule has 0 radical (unpaired) electrons. The summed E-state index contributed by atoms with van der Waals surface area (Å²) in [7, 11) is 0. The largest absolute Gasteiger partial charge is 0.507 e. The van der Waals surface area contributed by atoms with Crippen molar-refractivity contribution in [3.8, 4) is 5.75 Å². The highest BCUT2D eigenvalue weighted by Crippen LogP contribution is 2.61. The van der Waals surface area contributed by atoms with Crippen LogP contribution in [0.3, 0.4) is 0 Å². The highest BCUT2D eigenvalue weighted by Gasteiger charge is 2.68. The first-order valence-corrected chi connectivity index (χ1v) is 10.2. The average molecular weight is 398 g/mol. The number of carbonyl (C=O) groups is 3. The van der Waals surface area contributed by atoms with Crippen LogP contribution >= 0.6 is 0 Å². The number of hydrogen-bond donors (Lipinski definition) is 1. The number of ether oxygens (including phenoxy) is 1. The van der Waals surface area contributed by atoms with E-state index >= 15 is 0 Å². The molecule has 0 aromatic heterocycles. The van der Waals surface area contributed by atoms with Crippen LogP contribution in [0.2, 0.25) is 0 Å². The van der Waals surface area contributed by atoms with Gasteiger partial charge in [-0.1, -0.05) is 34.1 Å². The molecule has 2 fully saturated rings. The van der Waals surface area contributed by atoms with E-state index in [0.717, 1.165) is 6.42 Å². The third kappa shape index (κ3) is 2.34. The monoisotopic (exact) mass is 398 g/mol. The van der Waals surface area contributed by atoms with Crippen LogP contribution in [0.1, 0.15) is 93.0 Å². The van der Waals surface area contributed by atoms with Gasteiger partial charge in [0.15, 0.2) is 23.1 Å². The van der Waals surface area contributed by atoms with Gasteiger partial charge in [0.1, 0.15) is 16.7 Å². The molecule has 154 valence electrons. The topological polar surface area (TPSA) is 97.7 Å². The van der Waals surface area contributed by atoms with Gasteiger partial charge in [0, 0.05) is 17.0 Å². The second kappa shape index (κ2) is 6.00. The molecule has 5 rings (SSSR count). The summed E-state index contributed by atoms with van der Waals surface area (Å²) >= 11 is 0. The summed E-state index contributed by atoms with van der Waals surface area (Å²) in [6.45, 7) is 8.78. The molecule has 0 amide bonds. The minimum Gasteiger partial charge on any atom is -0.507 e. The quantitative estimate of drug-likeness (QED) is 0.606. The first-order valence-electron chi connectivity index (χ1n) is 10.2. The Morgan fingerprint density at radius 1 is 1.21 bits per heavy atom. The van der Waals surface area contributed by atoms with E-state index < -0.39 is 40.0 Å². The maximum Gasteiger partial charge on any atom is 0.318 e. The van der Waals surface area contributed by atoms with Crippen molar-refractivity contribution in [2.45, 2.75) is 71.3 Å². The zero-order valence-corrected chi connectivity index (χ0v) is 17.4. The maximum atomic E-state index is 13.7. The number of ketones is 2. The van der Waals surface area contributed by atoms with Gasteiger partial charge in [-0.05, 0) is 42.7 Å². The first kappa shape index (κ1) is 19.8. The van der Waals surface area contributed by atoms with E-state index in [1.807, 2.05) is 27.7 Å². The van der Waals surface area contributed by atoms with Crippen molar-refractivity contribution in [1.82, 2.24) is 0 Å². The van der Waals surface area contributed by atoms with Gasteiger partial charge in [0.25, 0.3) is 0 Å². The van der Waals surface area contributed by atoms with Gasteiger partial charge in [-0.15, -0.1) is 0 Å². The molecule has 2 bridgehead atoms. The summed E-state index contributed by atoms with van der Waals surface area (Å²) < 4.78 is 5.56. The Labute approximate surface area is 169 Å². The summed E-state index contributed by atoms with van der Waals surface area (Å²) in [5.74, 6) is -2.55. The molecule has 1 aromatic rings. The van der Waals surface area contributed by atoms with Gasteiger partial charge in [0.05, 0.1) is 0 Å². The highest BCUT2D eigenvalue weighted by molar-refractivity contribution is 6.05. The van der Waals surface area contributed by atoms with Gasteiger partial charge >= 0.3 is 5.97 Å². The summed E-state index contributed by atoms with van der Waals surface area (Å²) in [6.07, 6.45) is 0.570. The summed E-state index contributed by atoms with van der Waals surface area (Å²) in [5.41, 5.74) is -1.92. The molecule has 1 spiro atoms. The van der Waals surface area contributed by atoms with Crippen molar-refractivity contribution in [3.05, 3.63) is 38.5 Å².